The third-order valence-electron chi connectivity index (χ3n) is 3.63. The molecule has 1 atom stereocenters. The summed E-state index contributed by atoms with van der Waals surface area (Å²) in [7, 11) is 3.88. The second-order valence-electron chi connectivity index (χ2n) is 5.40. The standard InChI is InChI=1S/C16H25N3O.HI/c1-13-6-8-14(9-7-13)12-19(3)16(17-2)18-11-15-5-4-10-20-15;/h6-9,15H,4-5,10-12H2,1-3H3,(H,17,18);1H. The third-order valence-corrected chi connectivity index (χ3v) is 3.63. The van der Waals surface area contributed by atoms with Gasteiger partial charge in [0.15, 0.2) is 5.96 Å². The number of benzene rings is 1. The van der Waals surface area contributed by atoms with E-state index in [-0.39, 0.29) is 24.0 Å². The van der Waals surface area contributed by atoms with Crippen molar-refractivity contribution in [2.75, 3.05) is 27.2 Å². The first kappa shape index (κ1) is 18.2. The van der Waals surface area contributed by atoms with E-state index in [4.69, 9.17) is 4.74 Å². The number of rotatable bonds is 4. The smallest absolute Gasteiger partial charge is 0.193 e. The molecule has 2 rings (SSSR count). The number of aryl methyl sites for hydroxylation is 1. The number of halogens is 1. The van der Waals surface area contributed by atoms with E-state index < -0.39 is 0 Å². The largest absolute Gasteiger partial charge is 0.376 e. The van der Waals surface area contributed by atoms with Crippen molar-refractivity contribution in [1.82, 2.24) is 10.2 Å². The Kier molecular flexibility index (Phi) is 8.03. The lowest BCUT2D eigenvalue weighted by Crippen LogP contribution is -2.41. The highest BCUT2D eigenvalue weighted by Crippen LogP contribution is 2.11. The zero-order valence-corrected chi connectivity index (χ0v) is 15.5. The number of guanidine groups is 1. The Labute approximate surface area is 145 Å². The molecule has 1 heterocycles. The predicted octanol–water partition coefficient (Wildman–Crippen LogP) is 2.80. The van der Waals surface area contributed by atoms with Gasteiger partial charge in [0, 0.05) is 33.8 Å². The second kappa shape index (κ2) is 9.25. The van der Waals surface area contributed by atoms with Crippen molar-refractivity contribution in [1.29, 1.82) is 0 Å². The van der Waals surface area contributed by atoms with E-state index >= 15 is 0 Å². The zero-order valence-electron chi connectivity index (χ0n) is 13.1. The molecule has 0 aromatic heterocycles. The SMILES string of the molecule is CN=C(NCC1CCCO1)N(C)Cc1ccc(C)cc1.I. The molecular formula is C16H26IN3O. The van der Waals surface area contributed by atoms with Gasteiger partial charge < -0.3 is 15.0 Å². The van der Waals surface area contributed by atoms with Gasteiger partial charge in [-0.15, -0.1) is 24.0 Å². The lowest BCUT2D eigenvalue weighted by Gasteiger charge is -2.23. The van der Waals surface area contributed by atoms with Crippen LogP contribution >= 0.6 is 24.0 Å². The van der Waals surface area contributed by atoms with Gasteiger partial charge in [-0.25, -0.2) is 0 Å². The molecular weight excluding hydrogens is 377 g/mol. The molecule has 0 aliphatic carbocycles. The number of hydrogen-bond donors (Lipinski definition) is 1. The van der Waals surface area contributed by atoms with Crippen LogP contribution in [0.1, 0.15) is 24.0 Å². The molecule has 0 radical (unpaired) electrons. The molecule has 1 aliphatic rings. The lowest BCUT2D eigenvalue weighted by atomic mass is 10.1. The Hall–Kier alpha value is -0.820. The van der Waals surface area contributed by atoms with E-state index in [0.717, 1.165) is 32.1 Å². The Bertz CT molecular complexity index is 441. The van der Waals surface area contributed by atoms with E-state index in [1.807, 2.05) is 7.05 Å². The lowest BCUT2D eigenvalue weighted by molar-refractivity contribution is 0.113. The predicted molar refractivity (Wildman–Crippen MR) is 98.4 cm³/mol. The van der Waals surface area contributed by atoms with Crippen molar-refractivity contribution in [2.24, 2.45) is 4.99 Å². The molecule has 5 heteroatoms. The number of aliphatic imine (C=N–C) groups is 1. The van der Waals surface area contributed by atoms with Crippen molar-refractivity contribution in [2.45, 2.75) is 32.4 Å². The van der Waals surface area contributed by atoms with Crippen LogP contribution in [0.2, 0.25) is 0 Å². The van der Waals surface area contributed by atoms with Crippen LogP contribution in [0.15, 0.2) is 29.3 Å². The first-order valence-corrected chi connectivity index (χ1v) is 7.28. The second-order valence-corrected chi connectivity index (χ2v) is 5.40. The van der Waals surface area contributed by atoms with Crippen LogP contribution in [0.5, 0.6) is 0 Å². The third kappa shape index (κ3) is 5.82. The molecule has 0 saturated carbocycles. The summed E-state index contributed by atoms with van der Waals surface area (Å²) in [5.41, 5.74) is 2.58. The topological polar surface area (TPSA) is 36.9 Å². The summed E-state index contributed by atoms with van der Waals surface area (Å²) in [6, 6.07) is 8.62. The molecule has 1 unspecified atom stereocenters. The first-order chi connectivity index (χ1) is 9.69. The highest BCUT2D eigenvalue weighted by Gasteiger charge is 2.16. The Balaban J connectivity index is 0.00000220. The molecule has 0 spiro atoms. The Morgan fingerprint density at radius 1 is 1.38 bits per heavy atom. The molecule has 1 fully saturated rings. The molecule has 1 aromatic rings. The van der Waals surface area contributed by atoms with Gasteiger partial charge in [0.25, 0.3) is 0 Å². The van der Waals surface area contributed by atoms with Crippen LogP contribution in [0, 0.1) is 6.92 Å². The molecule has 21 heavy (non-hydrogen) atoms. The summed E-state index contributed by atoms with van der Waals surface area (Å²) in [5, 5.41) is 3.39. The van der Waals surface area contributed by atoms with E-state index in [2.05, 4.69) is 53.4 Å². The van der Waals surface area contributed by atoms with Gasteiger partial charge >= 0.3 is 0 Å². The molecule has 4 nitrogen and oxygen atoms in total. The molecule has 0 bridgehead atoms. The van der Waals surface area contributed by atoms with Crippen LogP contribution < -0.4 is 5.32 Å². The van der Waals surface area contributed by atoms with Crippen LogP contribution in [0.3, 0.4) is 0 Å². The number of nitrogens with zero attached hydrogens (tertiary/aromatic N) is 2. The van der Waals surface area contributed by atoms with Gasteiger partial charge in [0.1, 0.15) is 0 Å². The average molecular weight is 403 g/mol. The highest BCUT2D eigenvalue weighted by atomic mass is 127. The van der Waals surface area contributed by atoms with Crippen LogP contribution in [0.25, 0.3) is 0 Å². The quantitative estimate of drug-likeness (QED) is 0.477. The van der Waals surface area contributed by atoms with Gasteiger partial charge in [-0.2, -0.15) is 0 Å². The normalized spacial score (nSPS) is 18.2. The van der Waals surface area contributed by atoms with Crippen molar-refractivity contribution in [3.8, 4) is 0 Å². The molecule has 1 aliphatic heterocycles. The average Bonchev–Trinajstić information content (AvgIpc) is 2.95. The van der Waals surface area contributed by atoms with E-state index in [0.29, 0.717) is 6.10 Å². The Morgan fingerprint density at radius 2 is 2.10 bits per heavy atom. The van der Waals surface area contributed by atoms with Crippen LogP contribution in [-0.4, -0.2) is 44.2 Å². The summed E-state index contributed by atoms with van der Waals surface area (Å²) in [6.07, 6.45) is 2.65. The molecule has 1 saturated heterocycles. The first-order valence-electron chi connectivity index (χ1n) is 7.28. The minimum Gasteiger partial charge on any atom is -0.376 e. The van der Waals surface area contributed by atoms with Gasteiger partial charge in [-0.3, -0.25) is 4.99 Å². The minimum atomic E-state index is 0. The number of nitrogens with one attached hydrogen (secondary N) is 1. The van der Waals surface area contributed by atoms with E-state index in [1.165, 1.54) is 17.5 Å². The van der Waals surface area contributed by atoms with Gasteiger partial charge in [0.05, 0.1) is 6.10 Å². The minimum absolute atomic E-state index is 0. The summed E-state index contributed by atoms with van der Waals surface area (Å²) in [5.74, 6) is 0.918. The molecule has 118 valence electrons. The zero-order chi connectivity index (χ0) is 14.4. The summed E-state index contributed by atoms with van der Waals surface area (Å²) >= 11 is 0. The maximum absolute atomic E-state index is 5.62. The number of ether oxygens (including phenoxy) is 1. The molecule has 1 aromatic carbocycles. The van der Waals surface area contributed by atoms with Crippen LogP contribution in [0.4, 0.5) is 0 Å². The fraction of sp³-hybridized carbons (Fsp3) is 0.562. The van der Waals surface area contributed by atoms with E-state index in [9.17, 15) is 0 Å². The maximum Gasteiger partial charge on any atom is 0.193 e. The van der Waals surface area contributed by atoms with Crippen molar-refractivity contribution < 1.29 is 4.74 Å². The highest BCUT2D eigenvalue weighted by molar-refractivity contribution is 14.0. The summed E-state index contributed by atoms with van der Waals surface area (Å²) in [4.78, 5) is 6.48. The van der Waals surface area contributed by atoms with Gasteiger partial charge in [-0.1, -0.05) is 29.8 Å². The molecule has 1 N–H and O–H groups in total. The fourth-order valence-electron chi connectivity index (χ4n) is 2.44. The van der Waals surface area contributed by atoms with Crippen molar-refractivity contribution in [3.05, 3.63) is 35.4 Å². The summed E-state index contributed by atoms with van der Waals surface area (Å²) < 4.78 is 5.62. The fourth-order valence-corrected chi connectivity index (χ4v) is 2.44. The van der Waals surface area contributed by atoms with Gasteiger partial charge in [0.2, 0.25) is 0 Å². The maximum atomic E-state index is 5.62. The van der Waals surface area contributed by atoms with Crippen molar-refractivity contribution in [3.63, 3.8) is 0 Å². The van der Waals surface area contributed by atoms with Crippen molar-refractivity contribution >= 4 is 29.9 Å². The Morgan fingerprint density at radius 3 is 2.67 bits per heavy atom. The van der Waals surface area contributed by atoms with Crippen LogP contribution in [-0.2, 0) is 11.3 Å². The van der Waals surface area contributed by atoms with E-state index in [1.54, 1.807) is 0 Å². The van der Waals surface area contributed by atoms with Gasteiger partial charge in [-0.05, 0) is 25.3 Å². The monoisotopic (exact) mass is 403 g/mol. The molecule has 0 amide bonds. The summed E-state index contributed by atoms with van der Waals surface area (Å²) in [6.45, 7) is 4.69. The number of hydrogen-bond acceptors (Lipinski definition) is 2.